The van der Waals surface area contributed by atoms with Crippen LogP contribution in [0.1, 0.15) is 11.1 Å². The molecule has 10 nitrogen and oxygen atoms in total. The Bertz CT molecular complexity index is 1420. The highest BCUT2D eigenvalue weighted by Crippen LogP contribution is 2.12. The van der Waals surface area contributed by atoms with Gasteiger partial charge in [0.05, 0.1) is 26.6 Å². The summed E-state index contributed by atoms with van der Waals surface area (Å²) in [6.07, 6.45) is 1.51. The fourth-order valence-corrected chi connectivity index (χ4v) is 3.79. The van der Waals surface area contributed by atoms with Crippen LogP contribution in [0.2, 0.25) is 0 Å². The molecule has 1 amide bonds. The van der Waals surface area contributed by atoms with Crippen LogP contribution in [0.25, 0.3) is 11.2 Å². The van der Waals surface area contributed by atoms with Crippen LogP contribution in [0.4, 0.5) is 0 Å². The van der Waals surface area contributed by atoms with Crippen LogP contribution < -0.4 is 21.3 Å². The Morgan fingerprint density at radius 1 is 0.971 bits per heavy atom. The normalized spacial score (nSPS) is 11.0. The van der Waals surface area contributed by atoms with Crippen LogP contribution >= 0.6 is 0 Å². The Morgan fingerprint density at radius 2 is 1.71 bits per heavy atom. The monoisotopic (exact) mass is 477 g/mol. The summed E-state index contributed by atoms with van der Waals surface area (Å²) in [5.74, 6) is 0.262. The first kappa shape index (κ1) is 24.0. The first-order valence-electron chi connectivity index (χ1n) is 11.1. The zero-order valence-corrected chi connectivity index (χ0v) is 19.6. The Hall–Kier alpha value is -4.18. The van der Waals surface area contributed by atoms with Crippen LogP contribution in [0.5, 0.6) is 5.75 Å². The Kier molecular flexibility index (Phi) is 7.41. The van der Waals surface area contributed by atoms with Crippen molar-refractivity contribution in [2.24, 2.45) is 0 Å². The van der Waals surface area contributed by atoms with Crippen LogP contribution in [0.3, 0.4) is 0 Å². The third-order valence-electron chi connectivity index (χ3n) is 5.65. The third kappa shape index (κ3) is 5.33. The molecule has 0 saturated carbocycles. The Morgan fingerprint density at radius 3 is 2.40 bits per heavy atom. The minimum atomic E-state index is -0.594. The van der Waals surface area contributed by atoms with Gasteiger partial charge in [-0.3, -0.25) is 14.2 Å². The fourth-order valence-electron chi connectivity index (χ4n) is 3.79. The van der Waals surface area contributed by atoms with E-state index in [9.17, 15) is 14.4 Å². The molecule has 2 aromatic carbocycles. The van der Waals surface area contributed by atoms with E-state index >= 15 is 0 Å². The number of nitrogens with one attached hydrogen (secondary N) is 1. The molecule has 0 aliphatic rings. The van der Waals surface area contributed by atoms with Gasteiger partial charge >= 0.3 is 5.69 Å². The van der Waals surface area contributed by atoms with Gasteiger partial charge in [0.2, 0.25) is 5.91 Å². The standard InChI is InChI=1S/C25H27N5O5/c1-34-13-12-28-17-27-23-22(28)24(32)30(25(33)29(23)15-19-6-4-3-5-7-19)16-21(31)26-14-18-8-10-20(35-2)11-9-18/h3-11,17H,12-16H2,1-2H3,(H,26,31). The molecule has 4 rings (SSSR count). The number of benzene rings is 2. The summed E-state index contributed by atoms with van der Waals surface area (Å²) in [6, 6.07) is 16.7. The maximum absolute atomic E-state index is 13.4. The third-order valence-corrected chi connectivity index (χ3v) is 5.65. The molecule has 182 valence electrons. The molecular formula is C25H27N5O5. The maximum atomic E-state index is 13.4. The van der Waals surface area contributed by atoms with Gasteiger partial charge in [-0.25, -0.2) is 14.3 Å². The highest BCUT2D eigenvalue weighted by molar-refractivity contribution is 5.76. The zero-order valence-electron chi connectivity index (χ0n) is 19.6. The van der Waals surface area contributed by atoms with E-state index in [1.807, 2.05) is 42.5 Å². The lowest BCUT2D eigenvalue weighted by atomic mass is 10.2. The first-order valence-corrected chi connectivity index (χ1v) is 11.1. The van der Waals surface area contributed by atoms with Gasteiger partial charge in [0, 0.05) is 20.2 Å². The van der Waals surface area contributed by atoms with Crippen LogP contribution in [0.15, 0.2) is 70.5 Å². The number of hydrogen-bond acceptors (Lipinski definition) is 6. The Labute approximate surface area is 201 Å². The van der Waals surface area contributed by atoms with Gasteiger partial charge in [-0.05, 0) is 23.3 Å². The zero-order chi connectivity index (χ0) is 24.8. The average Bonchev–Trinajstić information content (AvgIpc) is 3.31. The molecule has 1 N–H and O–H groups in total. The van der Waals surface area contributed by atoms with Gasteiger partial charge in [-0.1, -0.05) is 42.5 Å². The predicted molar refractivity (Wildman–Crippen MR) is 131 cm³/mol. The molecule has 0 aliphatic heterocycles. The van der Waals surface area contributed by atoms with E-state index in [2.05, 4.69) is 10.3 Å². The Balaban J connectivity index is 1.66. The van der Waals surface area contributed by atoms with Gasteiger partial charge in [0.25, 0.3) is 5.56 Å². The van der Waals surface area contributed by atoms with Gasteiger partial charge in [-0.2, -0.15) is 0 Å². The number of amides is 1. The molecule has 0 atom stereocenters. The van der Waals surface area contributed by atoms with E-state index in [1.54, 1.807) is 30.9 Å². The molecule has 0 radical (unpaired) electrons. The molecule has 0 fully saturated rings. The number of carbonyl (C=O) groups is 1. The van der Waals surface area contributed by atoms with Crippen molar-refractivity contribution in [1.29, 1.82) is 0 Å². The highest BCUT2D eigenvalue weighted by atomic mass is 16.5. The van der Waals surface area contributed by atoms with Gasteiger partial charge in [0.15, 0.2) is 11.2 Å². The predicted octanol–water partition coefficient (Wildman–Crippen LogP) is 1.38. The smallest absolute Gasteiger partial charge is 0.333 e. The summed E-state index contributed by atoms with van der Waals surface area (Å²) in [5, 5.41) is 2.77. The van der Waals surface area contributed by atoms with Gasteiger partial charge in [0.1, 0.15) is 12.3 Å². The molecule has 0 unspecified atom stereocenters. The van der Waals surface area contributed by atoms with Crippen molar-refractivity contribution >= 4 is 17.1 Å². The lowest BCUT2D eigenvalue weighted by Crippen LogP contribution is -2.44. The molecular weight excluding hydrogens is 450 g/mol. The molecule has 35 heavy (non-hydrogen) atoms. The first-order chi connectivity index (χ1) is 17.0. The lowest BCUT2D eigenvalue weighted by molar-refractivity contribution is -0.121. The van der Waals surface area contributed by atoms with E-state index in [0.29, 0.717) is 18.9 Å². The summed E-state index contributed by atoms with van der Waals surface area (Å²) in [6.45, 7) is 0.809. The topological polar surface area (TPSA) is 109 Å². The summed E-state index contributed by atoms with van der Waals surface area (Å²) in [4.78, 5) is 43.8. The van der Waals surface area contributed by atoms with E-state index in [4.69, 9.17) is 9.47 Å². The second-order valence-electron chi connectivity index (χ2n) is 7.97. The second-order valence-corrected chi connectivity index (χ2v) is 7.97. The van der Waals surface area contributed by atoms with E-state index in [-0.39, 0.29) is 24.3 Å². The molecule has 0 bridgehead atoms. The van der Waals surface area contributed by atoms with Crippen molar-refractivity contribution in [3.05, 3.63) is 92.9 Å². The van der Waals surface area contributed by atoms with E-state index in [1.165, 1.54) is 10.9 Å². The number of aromatic nitrogens is 4. The van der Waals surface area contributed by atoms with Crippen molar-refractivity contribution in [1.82, 2.24) is 24.0 Å². The fraction of sp³-hybridized carbons (Fsp3) is 0.280. The number of methoxy groups -OCH3 is 2. The van der Waals surface area contributed by atoms with Crippen molar-refractivity contribution in [3.63, 3.8) is 0 Å². The van der Waals surface area contributed by atoms with E-state index in [0.717, 1.165) is 15.7 Å². The number of imidazole rings is 1. The minimum Gasteiger partial charge on any atom is -0.497 e. The van der Waals surface area contributed by atoms with Gasteiger partial charge < -0.3 is 19.4 Å². The van der Waals surface area contributed by atoms with Crippen molar-refractivity contribution < 1.29 is 14.3 Å². The molecule has 4 aromatic rings. The number of nitrogens with zero attached hydrogens (tertiary/aromatic N) is 4. The summed E-state index contributed by atoms with van der Waals surface area (Å²) in [5.41, 5.74) is 1.10. The summed E-state index contributed by atoms with van der Waals surface area (Å²) >= 11 is 0. The summed E-state index contributed by atoms with van der Waals surface area (Å²) < 4.78 is 14.3. The largest absolute Gasteiger partial charge is 0.497 e. The second kappa shape index (κ2) is 10.8. The molecule has 2 aromatic heterocycles. The number of ether oxygens (including phenoxy) is 2. The average molecular weight is 478 g/mol. The molecule has 2 heterocycles. The minimum absolute atomic E-state index is 0.214. The van der Waals surface area contributed by atoms with Gasteiger partial charge in [-0.15, -0.1) is 0 Å². The number of carbonyl (C=O) groups excluding carboxylic acids is 1. The molecule has 0 spiro atoms. The molecule has 0 saturated heterocycles. The highest BCUT2D eigenvalue weighted by Gasteiger charge is 2.20. The maximum Gasteiger partial charge on any atom is 0.333 e. The van der Waals surface area contributed by atoms with Crippen molar-refractivity contribution in [2.75, 3.05) is 20.8 Å². The van der Waals surface area contributed by atoms with E-state index < -0.39 is 23.7 Å². The quantitative estimate of drug-likeness (QED) is 0.370. The van der Waals surface area contributed by atoms with Crippen LogP contribution in [-0.4, -0.2) is 45.4 Å². The SMILES string of the molecule is COCCn1cnc2c1c(=O)n(CC(=O)NCc1ccc(OC)cc1)c(=O)n2Cc1ccccc1. The number of fused-ring (bicyclic) bond motifs is 1. The molecule has 10 heteroatoms. The molecule has 0 aliphatic carbocycles. The number of hydrogen-bond donors (Lipinski definition) is 1. The summed E-state index contributed by atoms with van der Waals surface area (Å²) in [7, 11) is 3.15. The van der Waals surface area contributed by atoms with Crippen LogP contribution in [0, 0.1) is 0 Å². The van der Waals surface area contributed by atoms with Crippen molar-refractivity contribution in [3.8, 4) is 5.75 Å². The van der Waals surface area contributed by atoms with Crippen LogP contribution in [-0.2, 0) is 35.7 Å². The lowest BCUT2D eigenvalue weighted by Gasteiger charge is -2.13. The number of rotatable bonds is 10. The van der Waals surface area contributed by atoms with Crippen molar-refractivity contribution in [2.45, 2.75) is 26.2 Å².